The average molecular weight is 465 g/mol. The van der Waals surface area contributed by atoms with Gasteiger partial charge in [0.25, 0.3) is 0 Å². The van der Waals surface area contributed by atoms with E-state index in [1.165, 1.54) is 24.1 Å². The summed E-state index contributed by atoms with van der Waals surface area (Å²) in [5.41, 5.74) is 4.50. The molecule has 0 spiro atoms. The number of benzene rings is 4. The molecule has 176 valence electrons. The molecule has 0 amide bonds. The maximum Gasteiger partial charge on any atom is 0.159 e. The molecule has 2 N–H and O–H groups in total. The number of phenolic OH excluding ortho intramolecular Hbond substituents is 2. The summed E-state index contributed by atoms with van der Waals surface area (Å²) < 4.78 is 1.65. The fourth-order valence-electron chi connectivity index (χ4n) is 5.30. The van der Waals surface area contributed by atoms with Gasteiger partial charge in [-0.15, -0.1) is 5.10 Å². The number of rotatable bonds is 5. The van der Waals surface area contributed by atoms with E-state index in [1.54, 1.807) is 16.8 Å². The Morgan fingerprint density at radius 1 is 0.743 bits per heavy atom. The lowest BCUT2D eigenvalue weighted by atomic mass is 9.90. The van der Waals surface area contributed by atoms with E-state index >= 15 is 0 Å². The van der Waals surface area contributed by atoms with Crippen molar-refractivity contribution in [1.29, 1.82) is 0 Å². The van der Waals surface area contributed by atoms with E-state index in [1.807, 2.05) is 12.1 Å². The van der Waals surface area contributed by atoms with E-state index in [0.717, 1.165) is 31.0 Å². The van der Waals surface area contributed by atoms with Gasteiger partial charge < -0.3 is 15.1 Å². The molecule has 35 heavy (non-hydrogen) atoms. The first-order valence-electron chi connectivity index (χ1n) is 12.2. The zero-order valence-electron chi connectivity index (χ0n) is 19.5. The standard InChI is InChI=1S/C29H28N4O2/c34-28-24-8-4-5-9-25(24)29(35)27-26(28)30-31-33(27)19-22-10-12-23(13-11-22)32-16-14-21(15-17-32)18-20-6-2-1-3-7-20/h1-13,21,34-35H,14-19H2. The van der Waals surface area contributed by atoms with Crippen LogP contribution in [0.3, 0.4) is 0 Å². The molecule has 0 bridgehead atoms. The summed E-state index contributed by atoms with van der Waals surface area (Å²) in [4.78, 5) is 2.46. The van der Waals surface area contributed by atoms with Gasteiger partial charge in [0, 0.05) is 29.5 Å². The predicted molar refractivity (Wildman–Crippen MR) is 139 cm³/mol. The van der Waals surface area contributed by atoms with Crippen LogP contribution in [0.15, 0.2) is 78.9 Å². The van der Waals surface area contributed by atoms with E-state index in [9.17, 15) is 10.2 Å². The lowest BCUT2D eigenvalue weighted by Crippen LogP contribution is -2.34. The molecule has 0 saturated carbocycles. The van der Waals surface area contributed by atoms with Crippen molar-refractivity contribution in [1.82, 2.24) is 15.0 Å². The number of aromatic hydroxyl groups is 2. The molecule has 2 heterocycles. The summed E-state index contributed by atoms with van der Waals surface area (Å²) in [5.74, 6) is 0.882. The highest BCUT2D eigenvalue weighted by Crippen LogP contribution is 2.40. The fraction of sp³-hybridized carbons (Fsp3) is 0.241. The minimum absolute atomic E-state index is 0.0469. The molecule has 0 atom stereocenters. The topological polar surface area (TPSA) is 74.4 Å². The first kappa shape index (κ1) is 21.5. The zero-order valence-corrected chi connectivity index (χ0v) is 19.5. The normalized spacial score (nSPS) is 14.7. The molecule has 1 fully saturated rings. The van der Waals surface area contributed by atoms with Crippen LogP contribution >= 0.6 is 0 Å². The Morgan fingerprint density at radius 3 is 2.11 bits per heavy atom. The van der Waals surface area contributed by atoms with Crippen molar-refractivity contribution in [2.24, 2.45) is 5.92 Å². The lowest BCUT2D eigenvalue weighted by molar-refractivity contribution is 0.404. The van der Waals surface area contributed by atoms with Gasteiger partial charge in [0.15, 0.2) is 17.0 Å². The molecule has 0 unspecified atom stereocenters. The largest absolute Gasteiger partial charge is 0.505 e. The summed E-state index contributed by atoms with van der Waals surface area (Å²) in [6, 6.07) is 26.6. The summed E-state index contributed by atoms with van der Waals surface area (Å²) in [7, 11) is 0. The van der Waals surface area contributed by atoms with Crippen LogP contribution < -0.4 is 4.90 Å². The molecule has 1 aliphatic rings. The van der Waals surface area contributed by atoms with Crippen molar-refractivity contribution >= 4 is 27.5 Å². The first-order chi connectivity index (χ1) is 17.2. The van der Waals surface area contributed by atoms with Crippen LogP contribution in [0.1, 0.15) is 24.0 Å². The SMILES string of the molecule is Oc1c2ccccc2c(O)c2c1nnn2Cc1ccc(N2CCC(Cc3ccccc3)CC2)cc1. The monoisotopic (exact) mass is 464 g/mol. The van der Waals surface area contributed by atoms with Crippen LogP contribution in [0.4, 0.5) is 5.69 Å². The molecular formula is C29H28N4O2. The third kappa shape index (κ3) is 4.05. The third-order valence-electron chi connectivity index (χ3n) is 7.24. The van der Waals surface area contributed by atoms with Gasteiger partial charge in [0.05, 0.1) is 6.54 Å². The van der Waals surface area contributed by atoms with E-state index in [-0.39, 0.29) is 11.5 Å². The summed E-state index contributed by atoms with van der Waals surface area (Å²) in [6.07, 6.45) is 3.58. The van der Waals surface area contributed by atoms with Gasteiger partial charge in [-0.25, -0.2) is 4.68 Å². The molecule has 0 radical (unpaired) electrons. The van der Waals surface area contributed by atoms with E-state index in [2.05, 4.69) is 69.8 Å². The van der Waals surface area contributed by atoms with E-state index in [0.29, 0.717) is 28.4 Å². The maximum absolute atomic E-state index is 10.9. The van der Waals surface area contributed by atoms with Gasteiger partial charge in [-0.05, 0) is 48.4 Å². The fourth-order valence-corrected chi connectivity index (χ4v) is 5.30. The van der Waals surface area contributed by atoms with Crippen LogP contribution in [-0.4, -0.2) is 38.3 Å². The Morgan fingerprint density at radius 2 is 1.40 bits per heavy atom. The molecule has 4 aromatic carbocycles. The summed E-state index contributed by atoms with van der Waals surface area (Å²) in [6.45, 7) is 2.61. The average Bonchev–Trinajstić information content (AvgIpc) is 3.33. The Hall–Kier alpha value is -4.06. The Kier molecular flexibility index (Phi) is 5.49. The Balaban J connectivity index is 1.16. The summed E-state index contributed by atoms with van der Waals surface area (Å²) >= 11 is 0. The highest BCUT2D eigenvalue weighted by molar-refractivity contribution is 6.07. The second-order valence-electron chi connectivity index (χ2n) is 9.47. The number of phenols is 2. The third-order valence-corrected chi connectivity index (χ3v) is 7.24. The van der Waals surface area contributed by atoms with Gasteiger partial charge in [-0.2, -0.15) is 0 Å². The van der Waals surface area contributed by atoms with Gasteiger partial charge in [0.1, 0.15) is 5.52 Å². The smallest absolute Gasteiger partial charge is 0.159 e. The quantitative estimate of drug-likeness (QED) is 0.336. The molecule has 5 aromatic rings. The highest BCUT2D eigenvalue weighted by Gasteiger charge is 2.21. The van der Waals surface area contributed by atoms with E-state index in [4.69, 9.17) is 0 Å². The molecule has 0 aliphatic carbocycles. The second-order valence-corrected chi connectivity index (χ2v) is 9.47. The number of piperidine rings is 1. The van der Waals surface area contributed by atoms with Crippen LogP contribution in [0.2, 0.25) is 0 Å². The Labute approximate surface area is 204 Å². The van der Waals surface area contributed by atoms with Gasteiger partial charge >= 0.3 is 0 Å². The van der Waals surface area contributed by atoms with Crippen LogP contribution in [0, 0.1) is 5.92 Å². The molecular weight excluding hydrogens is 436 g/mol. The van der Waals surface area contributed by atoms with Crippen LogP contribution in [0.25, 0.3) is 21.8 Å². The minimum atomic E-state index is 0.0469. The first-order valence-corrected chi connectivity index (χ1v) is 12.2. The number of fused-ring (bicyclic) bond motifs is 2. The molecule has 6 heteroatoms. The Bertz CT molecular complexity index is 1470. The molecule has 6 rings (SSSR count). The molecule has 1 saturated heterocycles. The lowest BCUT2D eigenvalue weighted by Gasteiger charge is -2.33. The van der Waals surface area contributed by atoms with Crippen molar-refractivity contribution in [2.45, 2.75) is 25.8 Å². The van der Waals surface area contributed by atoms with Crippen molar-refractivity contribution in [2.75, 3.05) is 18.0 Å². The highest BCUT2D eigenvalue weighted by atomic mass is 16.3. The number of nitrogens with zero attached hydrogens (tertiary/aromatic N) is 4. The summed E-state index contributed by atoms with van der Waals surface area (Å²) in [5, 5.41) is 31.1. The maximum atomic E-state index is 10.9. The van der Waals surface area contributed by atoms with Gasteiger partial charge in [-0.3, -0.25) is 0 Å². The number of aromatic nitrogens is 3. The number of anilines is 1. The second kappa shape index (κ2) is 8.95. The predicted octanol–water partition coefficient (Wildman–Crippen LogP) is 5.50. The van der Waals surface area contributed by atoms with Gasteiger partial charge in [-0.1, -0.05) is 71.9 Å². The van der Waals surface area contributed by atoms with Crippen LogP contribution in [-0.2, 0) is 13.0 Å². The zero-order chi connectivity index (χ0) is 23.8. The van der Waals surface area contributed by atoms with E-state index < -0.39 is 0 Å². The van der Waals surface area contributed by atoms with Crippen molar-refractivity contribution in [3.8, 4) is 11.5 Å². The minimum Gasteiger partial charge on any atom is -0.505 e. The number of hydrogen-bond acceptors (Lipinski definition) is 5. The van der Waals surface area contributed by atoms with Crippen LogP contribution in [0.5, 0.6) is 11.5 Å². The molecule has 1 aromatic heterocycles. The van der Waals surface area contributed by atoms with Gasteiger partial charge in [0.2, 0.25) is 0 Å². The van der Waals surface area contributed by atoms with Crippen molar-refractivity contribution < 1.29 is 10.2 Å². The number of hydrogen-bond donors (Lipinski definition) is 2. The molecule has 6 nitrogen and oxygen atoms in total. The van der Waals surface area contributed by atoms with Crippen molar-refractivity contribution in [3.63, 3.8) is 0 Å². The van der Waals surface area contributed by atoms with Crippen molar-refractivity contribution in [3.05, 3.63) is 90.0 Å². The molecule has 1 aliphatic heterocycles.